The van der Waals surface area contributed by atoms with Gasteiger partial charge >= 0.3 is 0 Å². The number of fused-ring (bicyclic) bond motifs is 2. The van der Waals surface area contributed by atoms with Crippen molar-refractivity contribution in [2.45, 2.75) is 69.8 Å². The number of primary amides is 1. The van der Waals surface area contributed by atoms with Gasteiger partial charge in [-0.05, 0) is 65.6 Å². The van der Waals surface area contributed by atoms with Crippen LogP contribution in [0.15, 0.2) is 34.8 Å². The van der Waals surface area contributed by atoms with Crippen LogP contribution in [0.1, 0.15) is 49.8 Å². The van der Waals surface area contributed by atoms with E-state index in [1.54, 1.807) is 19.0 Å². The first-order chi connectivity index (χ1) is 18.4. The minimum atomic E-state index is -1.61. The number of aromatic hydroxyl groups is 1. The molecule has 1 saturated heterocycles. The fourth-order valence-electron chi connectivity index (χ4n) is 7.74. The van der Waals surface area contributed by atoms with E-state index in [-0.39, 0.29) is 64.3 Å². The Balaban J connectivity index is 1.46. The Hall–Kier alpha value is -3.37. The lowest BCUT2D eigenvalue weighted by Crippen LogP contribution is -2.67. The molecule has 1 aromatic carbocycles. The van der Waals surface area contributed by atoms with Gasteiger partial charge in [0.05, 0.1) is 29.0 Å². The molecule has 5 N–H and O–H groups in total. The van der Waals surface area contributed by atoms with Crippen molar-refractivity contribution < 1.29 is 34.0 Å². The van der Waals surface area contributed by atoms with Crippen LogP contribution in [0.5, 0.6) is 5.75 Å². The molecule has 1 saturated carbocycles. The summed E-state index contributed by atoms with van der Waals surface area (Å²) in [5, 5.41) is 33.5. The Morgan fingerprint density at radius 1 is 1.23 bits per heavy atom. The number of ether oxygens (including phenoxy) is 1. The van der Waals surface area contributed by atoms with Gasteiger partial charge in [-0.25, -0.2) is 4.39 Å². The largest absolute Gasteiger partial charge is 0.510 e. The van der Waals surface area contributed by atoms with E-state index < -0.39 is 46.7 Å². The van der Waals surface area contributed by atoms with E-state index in [9.17, 15) is 24.9 Å². The minimum Gasteiger partial charge on any atom is -0.510 e. The van der Waals surface area contributed by atoms with Crippen LogP contribution in [0.4, 0.5) is 4.39 Å². The first-order valence-electron chi connectivity index (χ1n) is 13.5. The quantitative estimate of drug-likeness (QED) is 0.459. The fraction of sp³-hybridized carbons (Fsp3) is 0.517. The van der Waals surface area contributed by atoms with Gasteiger partial charge in [0.25, 0.3) is 5.91 Å². The third-order valence-corrected chi connectivity index (χ3v) is 9.65. The van der Waals surface area contributed by atoms with Crippen LogP contribution in [-0.2, 0) is 27.3 Å². The number of nitrogens with two attached hydrogens (primary N) is 1. The topological polar surface area (TPSA) is 137 Å². The molecule has 0 bridgehead atoms. The Bertz CT molecular complexity index is 1400. The Morgan fingerprint density at radius 3 is 2.46 bits per heavy atom. The third-order valence-electron chi connectivity index (χ3n) is 9.65. The van der Waals surface area contributed by atoms with E-state index in [0.29, 0.717) is 12.1 Å². The Kier molecular flexibility index (Phi) is 5.68. The number of benzene rings is 1. The second-order valence-electron chi connectivity index (χ2n) is 11.9. The molecule has 6 atom stereocenters. The van der Waals surface area contributed by atoms with Crippen LogP contribution >= 0.6 is 0 Å². The molecule has 1 amide bonds. The molecule has 39 heavy (non-hydrogen) atoms. The van der Waals surface area contributed by atoms with Crippen molar-refractivity contribution in [3.8, 4) is 5.75 Å². The zero-order valence-electron chi connectivity index (χ0n) is 22.5. The summed E-state index contributed by atoms with van der Waals surface area (Å²) in [5.74, 6) is -4.12. The molecule has 5 aliphatic rings. The number of aliphatic hydroxyl groups is 2. The molecule has 1 spiro atoms. The fourth-order valence-corrected chi connectivity index (χ4v) is 7.74. The number of phenolic OH excluding ortho intramolecular Hbond substituents is 1. The van der Waals surface area contributed by atoms with Crippen molar-refractivity contribution >= 4 is 17.4 Å². The highest BCUT2D eigenvalue weighted by Gasteiger charge is 2.68. The lowest BCUT2D eigenvalue weighted by Gasteiger charge is -2.56. The van der Waals surface area contributed by atoms with Crippen LogP contribution in [0, 0.1) is 17.7 Å². The van der Waals surface area contributed by atoms with Crippen LogP contribution < -0.4 is 5.73 Å². The van der Waals surface area contributed by atoms with E-state index in [1.807, 2.05) is 0 Å². The van der Waals surface area contributed by atoms with Crippen LogP contribution in [0.25, 0.3) is 5.76 Å². The van der Waals surface area contributed by atoms with Crippen molar-refractivity contribution in [1.82, 2.24) is 9.80 Å². The van der Waals surface area contributed by atoms with Crippen molar-refractivity contribution in [3.05, 3.63) is 57.3 Å². The van der Waals surface area contributed by atoms with Gasteiger partial charge in [-0.3, -0.25) is 19.4 Å². The molecule has 208 valence electrons. The molecular weight excluding hydrogens is 505 g/mol. The van der Waals surface area contributed by atoms with Crippen LogP contribution in [-0.4, -0.2) is 74.6 Å². The minimum absolute atomic E-state index is 0.0382. The van der Waals surface area contributed by atoms with Gasteiger partial charge in [0.15, 0.2) is 0 Å². The molecule has 2 aliphatic heterocycles. The number of carbonyl (C=O) groups is 2. The van der Waals surface area contributed by atoms with Crippen molar-refractivity contribution in [2.24, 2.45) is 17.6 Å². The first-order valence-corrected chi connectivity index (χ1v) is 13.5. The summed E-state index contributed by atoms with van der Waals surface area (Å²) in [7, 11) is 3.43. The maximum atomic E-state index is 16.1. The number of hydrogen-bond donors (Lipinski definition) is 4. The highest BCUT2D eigenvalue weighted by molar-refractivity contribution is 6.14. The molecular formula is C29H34FN3O6. The summed E-state index contributed by atoms with van der Waals surface area (Å²) in [6, 6.07) is 1.16. The lowest BCUT2D eigenvalue weighted by molar-refractivity contribution is -0.153. The highest BCUT2D eigenvalue weighted by atomic mass is 19.1. The SMILES string of the molecule is CC1CCC(C)N1Cc1cc(O)c2c(c1F)C[C@H]1C[C@H]3[C@H](N(C)C)C(O)=C(C(N)=O)C4=CO[C@@]43C(=O)C1=C2O. The highest BCUT2D eigenvalue weighted by Crippen LogP contribution is 2.59. The summed E-state index contributed by atoms with van der Waals surface area (Å²) in [6.07, 6.45) is 3.64. The Labute approximate surface area is 226 Å². The summed E-state index contributed by atoms with van der Waals surface area (Å²) in [6.45, 7) is 4.54. The summed E-state index contributed by atoms with van der Waals surface area (Å²) in [4.78, 5) is 30.4. The van der Waals surface area contributed by atoms with Crippen LogP contribution in [0.2, 0.25) is 0 Å². The molecule has 1 aromatic rings. The van der Waals surface area contributed by atoms with Gasteiger partial charge in [0, 0.05) is 41.2 Å². The second-order valence-corrected chi connectivity index (χ2v) is 11.9. The third kappa shape index (κ3) is 3.30. The van der Waals surface area contributed by atoms with Gasteiger partial charge in [-0.15, -0.1) is 0 Å². The molecule has 2 unspecified atom stereocenters. The molecule has 2 heterocycles. The van der Waals surface area contributed by atoms with Gasteiger partial charge in [-0.2, -0.15) is 0 Å². The smallest absolute Gasteiger partial charge is 0.252 e. The van der Waals surface area contributed by atoms with E-state index in [2.05, 4.69) is 18.7 Å². The number of ketones is 1. The molecule has 6 rings (SSSR count). The van der Waals surface area contributed by atoms with Crippen molar-refractivity contribution in [1.29, 1.82) is 0 Å². The lowest BCUT2D eigenvalue weighted by atomic mass is 9.54. The molecule has 0 aromatic heterocycles. The average Bonchev–Trinajstić information content (AvgIpc) is 3.15. The number of Topliss-reactive ketones (excluding diaryl/α,β-unsaturated/α-hetero) is 1. The van der Waals surface area contributed by atoms with Gasteiger partial charge in [0.1, 0.15) is 23.1 Å². The summed E-state index contributed by atoms with van der Waals surface area (Å²) in [5.41, 5.74) is 4.50. The number of nitrogens with zero attached hydrogens (tertiary/aromatic N) is 2. The van der Waals surface area contributed by atoms with E-state index in [1.165, 1.54) is 12.3 Å². The number of phenols is 1. The monoisotopic (exact) mass is 539 g/mol. The normalized spacial score (nSPS) is 33.6. The van der Waals surface area contributed by atoms with Gasteiger partial charge in [-0.1, -0.05) is 0 Å². The van der Waals surface area contributed by atoms with E-state index >= 15 is 4.39 Å². The molecule has 0 radical (unpaired) electrons. The number of amides is 1. The maximum absolute atomic E-state index is 16.1. The van der Waals surface area contributed by atoms with E-state index in [0.717, 1.165) is 12.8 Å². The Morgan fingerprint density at radius 2 is 1.90 bits per heavy atom. The number of aliphatic hydroxyl groups excluding tert-OH is 2. The van der Waals surface area contributed by atoms with Crippen LogP contribution in [0.3, 0.4) is 0 Å². The number of hydrogen-bond acceptors (Lipinski definition) is 8. The number of likely N-dealkylation sites (N-methyl/N-ethyl adjacent to an activating group) is 1. The van der Waals surface area contributed by atoms with Gasteiger partial charge < -0.3 is 25.8 Å². The second kappa shape index (κ2) is 8.56. The number of rotatable bonds is 4. The zero-order chi connectivity index (χ0) is 28.1. The van der Waals surface area contributed by atoms with Crippen molar-refractivity contribution in [3.63, 3.8) is 0 Å². The number of likely N-dealkylation sites (tertiary alicyclic amines) is 1. The number of halogens is 1. The van der Waals surface area contributed by atoms with E-state index in [4.69, 9.17) is 10.5 Å². The molecule has 3 aliphatic carbocycles. The average molecular weight is 540 g/mol. The summed E-state index contributed by atoms with van der Waals surface area (Å²) >= 11 is 0. The molecule has 10 heteroatoms. The number of carbonyl (C=O) groups excluding carboxylic acids is 2. The molecule has 9 nitrogen and oxygen atoms in total. The summed E-state index contributed by atoms with van der Waals surface area (Å²) < 4.78 is 21.9. The predicted molar refractivity (Wildman–Crippen MR) is 140 cm³/mol. The van der Waals surface area contributed by atoms with Gasteiger partial charge in [0.2, 0.25) is 11.4 Å². The predicted octanol–water partition coefficient (Wildman–Crippen LogP) is 2.83. The molecule has 2 fully saturated rings. The standard InChI is InChI=1S/C29H34FN3O6/c1-12-5-6-13(2)33(12)10-15-9-19(34)21-16(23(15)30)7-14-8-17-24(32(3)4)26(36)22(28(31)38)18-11-39-29(17,18)27(37)20(14)25(21)35/h9,11-14,17,24,34-36H,5-8,10H2,1-4H3,(H2,31,38)/t12?,13?,14-,17-,24-,29+/m0/s1. The zero-order valence-corrected chi connectivity index (χ0v) is 22.5. The van der Waals surface area contributed by atoms with Crippen molar-refractivity contribution in [2.75, 3.05) is 14.1 Å². The maximum Gasteiger partial charge on any atom is 0.252 e. The first kappa shape index (κ1) is 25.9.